The van der Waals surface area contributed by atoms with Gasteiger partial charge in [-0.25, -0.2) is 4.79 Å². The Hall–Kier alpha value is -2.62. The van der Waals surface area contributed by atoms with Crippen LogP contribution < -0.4 is 11.1 Å². The minimum absolute atomic E-state index is 0.0611. The molecule has 9 nitrogen and oxygen atoms in total. The normalized spacial score (nSPS) is 14.1. The van der Waals surface area contributed by atoms with Crippen LogP contribution >= 0.6 is 11.3 Å². The van der Waals surface area contributed by atoms with Crippen molar-refractivity contribution in [2.24, 2.45) is 10.9 Å². The monoisotopic (exact) mass is 354 g/mol. The predicted octanol–water partition coefficient (Wildman–Crippen LogP) is 0.514. The number of anilines is 1. The molecule has 0 aromatic carbocycles. The summed E-state index contributed by atoms with van der Waals surface area (Å²) in [4.78, 5) is 38.1. The van der Waals surface area contributed by atoms with E-state index >= 15 is 0 Å². The van der Waals surface area contributed by atoms with Crippen LogP contribution in [0, 0.1) is 0 Å². The molecule has 2 amide bonds. The zero-order chi connectivity index (χ0) is 17.9. The van der Waals surface area contributed by atoms with E-state index in [0.717, 1.165) is 10.4 Å². The molecule has 0 radical (unpaired) electrons. The first-order valence-corrected chi connectivity index (χ1v) is 8.06. The SMILES string of the molecule is CCOC(=O)c1c(NC(=O)/C(N)=N/O)sc2c1CCN(C(C)=O)C2. The molecule has 2 heterocycles. The molecule has 24 heavy (non-hydrogen) atoms. The third-order valence-electron chi connectivity index (χ3n) is 3.55. The van der Waals surface area contributed by atoms with Crippen molar-refractivity contribution in [3.05, 3.63) is 16.0 Å². The molecule has 0 saturated carbocycles. The molecule has 2 rings (SSSR count). The first kappa shape index (κ1) is 17.7. The molecule has 0 fully saturated rings. The van der Waals surface area contributed by atoms with Crippen LogP contribution in [0.3, 0.4) is 0 Å². The van der Waals surface area contributed by atoms with E-state index in [-0.39, 0.29) is 23.1 Å². The maximum absolute atomic E-state index is 12.3. The summed E-state index contributed by atoms with van der Waals surface area (Å²) in [5.74, 6) is -2.07. The van der Waals surface area contributed by atoms with Crippen LogP contribution in [0.4, 0.5) is 5.00 Å². The van der Waals surface area contributed by atoms with Gasteiger partial charge in [-0.3, -0.25) is 9.59 Å². The largest absolute Gasteiger partial charge is 0.462 e. The fraction of sp³-hybridized carbons (Fsp3) is 0.429. The van der Waals surface area contributed by atoms with Gasteiger partial charge in [-0.2, -0.15) is 0 Å². The minimum Gasteiger partial charge on any atom is -0.462 e. The highest BCUT2D eigenvalue weighted by Crippen LogP contribution is 2.37. The number of nitrogens with one attached hydrogen (secondary N) is 1. The highest BCUT2D eigenvalue weighted by molar-refractivity contribution is 7.17. The fourth-order valence-corrected chi connectivity index (χ4v) is 3.64. The molecule has 0 bridgehead atoms. The predicted molar refractivity (Wildman–Crippen MR) is 87.1 cm³/mol. The lowest BCUT2D eigenvalue weighted by Gasteiger charge is -2.25. The number of hydrogen-bond donors (Lipinski definition) is 3. The summed E-state index contributed by atoms with van der Waals surface area (Å²) in [6, 6.07) is 0. The van der Waals surface area contributed by atoms with Crippen LogP contribution in [0.5, 0.6) is 0 Å². The van der Waals surface area contributed by atoms with E-state index in [9.17, 15) is 14.4 Å². The molecule has 0 spiro atoms. The van der Waals surface area contributed by atoms with Gasteiger partial charge in [0.05, 0.1) is 18.7 Å². The second-order valence-electron chi connectivity index (χ2n) is 5.06. The lowest BCUT2D eigenvalue weighted by atomic mass is 10.0. The Balaban J connectivity index is 2.41. The lowest BCUT2D eigenvalue weighted by Crippen LogP contribution is -2.34. The first-order valence-electron chi connectivity index (χ1n) is 7.25. The number of thiophene rings is 1. The van der Waals surface area contributed by atoms with Crippen molar-refractivity contribution in [3.63, 3.8) is 0 Å². The van der Waals surface area contributed by atoms with Crippen molar-refractivity contribution >= 4 is 40.0 Å². The number of nitrogens with zero attached hydrogens (tertiary/aromatic N) is 2. The summed E-state index contributed by atoms with van der Waals surface area (Å²) < 4.78 is 5.06. The Bertz CT molecular complexity index is 712. The number of nitrogens with two attached hydrogens (primary N) is 1. The smallest absolute Gasteiger partial charge is 0.341 e. The van der Waals surface area contributed by atoms with Crippen molar-refractivity contribution in [1.29, 1.82) is 0 Å². The Kier molecular flexibility index (Phi) is 5.39. The fourth-order valence-electron chi connectivity index (χ4n) is 2.39. The number of amidine groups is 1. The van der Waals surface area contributed by atoms with Crippen LogP contribution in [-0.2, 0) is 27.3 Å². The number of carbonyl (C=O) groups excluding carboxylic acids is 3. The van der Waals surface area contributed by atoms with Gasteiger partial charge in [-0.1, -0.05) is 5.16 Å². The third-order valence-corrected chi connectivity index (χ3v) is 4.68. The number of oxime groups is 1. The Morgan fingerprint density at radius 1 is 1.46 bits per heavy atom. The Morgan fingerprint density at radius 3 is 2.75 bits per heavy atom. The minimum atomic E-state index is -0.829. The van der Waals surface area contributed by atoms with Gasteiger partial charge in [0, 0.05) is 18.3 Å². The van der Waals surface area contributed by atoms with E-state index in [0.29, 0.717) is 19.5 Å². The molecule has 1 aromatic heterocycles. The van der Waals surface area contributed by atoms with Crippen molar-refractivity contribution in [1.82, 2.24) is 4.90 Å². The van der Waals surface area contributed by atoms with Crippen molar-refractivity contribution < 1.29 is 24.3 Å². The van der Waals surface area contributed by atoms with Gasteiger partial charge in [0.2, 0.25) is 11.7 Å². The van der Waals surface area contributed by atoms with E-state index in [2.05, 4.69) is 10.5 Å². The molecule has 4 N–H and O–H groups in total. The van der Waals surface area contributed by atoms with E-state index in [1.807, 2.05) is 0 Å². The molecule has 10 heteroatoms. The van der Waals surface area contributed by atoms with E-state index in [1.165, 1.54) is 18.3 Å². The maximum atomic E-state index is 12.3. The quantitative estimate of drug-likeness (QED) is 0.238. The standard InChI is InChI=1S/C14H18N4O5S/c1-3-23-14(21)10-8-4-5-18(7(2)19)6-9(8)24-13(10)16-12(20)11(15)17-22/h22H,3-6H2,1-2H3,(H2,15,17)(H,16,20). The summed E-state index contributed by atoms with van der Waals surface area (Å²) >= 11 is 1.17. The van der Waals surface area contributed by atoms with Crippen molar-refractivity contribution in [2.45, 2.75) is 26.8 Å². The van der Waals surface area contributed by atoms with Gasteiger partial charge in [-0.15, -0.1) is 11.3 Å². The zero-order valence-electron chi connectivity index (χ0n) is 13.3. The van der Waals surface area contributed by atoms with E-state index in [1.54, 1.807) is 11.8 Å². The highest BCUT2D eigenvalue weighted by atomic mass is 32.1. The van der Waals surface area contributed by atoms with Crippen LogP contribution in [0.25, 0.3) is 0 Å². The summed E-state index contributed by atoms with van der Waals surface area (Å²) in [5.41, 5.74) is 6.28. The third kappa shape index (κ3) is 3.48. The highest BCUT2D eigenvalue weighted by Gasteiger charge is 2.30. The summed E-state index contributed by atoms with van der Waals surface area (Å²) in [6.07, 6.45) is 0.485. The summed E-state index contributed by atoms with van der Waals surface area (Å²) in [5, 5.41) is 13.9. The average Bonchev–Trinajstić information content (AvgIpc) is 2.90. The Morgan fingerprint density at radius 2 is 2.17 bits per heavy atom. The molecule has 1 aromatic rings. The number of ether oxygens (including phenoxy) is 1. The molecule has 0 unspecified atom stereocenters. The van der Waals surface area contributed by atoms with E-state index in [4.69, 9.17) is 15.7 Å². The zero-order valence-corrected chi connectivity index (χ0v) is 14.1. The topological polar surface area (TPSA) is 134 Å². The van der Waals surface area contributed by atoms with Crippen LogP contribution in [0.2, 0.25) is 0 Å². The van der Waals surface area contributed by atoms with Crippen molar-refractivity contribution in [2.75, 3.05) is 18.5 Å². The van der Waals surface area contributed by atoms with Crippen LogP contribution in [0.15, 0.2) is 5.16 Å². The van der Waals surface area contributed by atoms with Crippen molar-refractivity contribution in [3.8, 4) is 0 Å². The second-order valence-corrected chi connectivity index (χ2v) is 6.16. The van der Waals surface area contributed by atoms with Gasteiger partial charge in [-0.05, 0) is 18.9 Å². The number of rotatable bonds is 3. The number of fused-ring (bicyclic) bond motifs is 1. The molecule has 0 saturated heterocycles. The molecular formula is C14H18N4O5S. The second kappa shape index (κ2) is 7.30. The summed E-state index contributed by atoms with van der Waals surface area (Å²) in [6.45, 7) is 4.20. The number of hydrogen-bond acceptors (Lipinski definition) is 7. The maximum Gasteiger partial charge on any atom is 0.341 e. The van der Waals surface area contributed by atoms with Gasteiger partial charge in [0.25, 0.3) is 5.91 Å². The number of amides is 2. The Labute approximate surface area is 142 Å². The van der Waals surface area contributed by atoms with Gasteiger partial charge in [0.15, 0.2) is 0 Å². The van der Waals surface area contributed by atoms with Gasteiger partial charge >= 0.3 is 5.97 Å². The van der Waals surface area contributed by atoms with E-state index < -0.39 is 17.7 Å². The first-order chi connectivity index (χ1) is 11.4. The molecule has 0 aliphatic carbocycles. The lowest BCUT2D eigenvalue weighted by molar-refractivity contribution is -0.129. The molecule has 1 aliphatic heterocycles. The number of carbonyl (C=O) groups is 3. The summed E-state index contributed by atoms with van der Waals surface area (Å²) in [7, 11) is 0. The van der Waals surface area contributed by atoms with Crippen LogP contribution in [-0.4, -0.2) is 46.9 Å². The average molecular weight is 354 g/mol. The molecule has 0 atom stereocenters. The van der Waals surface area contributed by atoms with Gasteiger partial charge in [0.1, 0.15) is 5.00 Å². The molecule has 1 aliphatic rings. The molecule has 130 valence electrons. The van der Waals surface area contributed by atoms with Gasteiger partial charge < -0.3 is 25.9 Å². The molecular weight excluding hydrogens is 336 g/mol. The van der Waals surface area contributed by atoms with Crippen LogP contribution in [0.1, 0.15) is 34.6 Å². The number of esters is 1.